The maximum atomic E-state index is 8.96. The van der Waals surface area contributed by atoms with E-state index in [0.717, 1.165) is 44.2 Å². The number of benzene rings is 3. The van der Waals surface area contributed by atoms with E-state index in [-0.39, 0.29) is 0 Å². The lowest BCUT2D eigenvalue weighted by Gasteiger charge is -2.01. The van der Waals surface area contributed by atoms with Gasteiger partial charge < -0.3 is 0 Å². The quantitative estimate of drug-likeness (QED) is 0.345. The zero-order chi connectivity index (χ0) is 23.0. The van der Waals surface area contributed by atoms with Crippen molar-refractivity contribution in [2.24, 2.45) is 0 Å². The molecule has 2 aromatic heterocycles. The Hall–Kier alpha value is -4.27. The van der Waals surface area contributed by atoms with Gasteiger partial charge >= 0.3 is 0 Å². The van der Waals surface area contributed by atoms with Crippen LogP contribution in [0.25, 0.3) is 22.2 Å². The lowest BCUT2D eigenvalue weighted by Crippen LogP contribution is -2.00. The van der Waals surface area contributed by atoms with Crippen LogP contribution >= 0.6 is 15.9 Å². The van der Waals surface area contributed by atoms with E-state index in [4.69, 9.17) is 10.5 Å². The summed E-state index contributed by atoms with van der Waals surface area (Å²) in [6.07, 6.45) is 3.69. The molecule has 0 bridgehead atoms. The van der Waals surface area contributed by atoms with E-state index in [9.17, 15) is 0 Å². The first-order valence-electron chi connectivity index (χ1n) is 10.1. The normalized spacial score (nSPS) is 10.2. The van der Waals surface area contributed by atoms with Gasteiger partial charge in [0, 0.05) is 16.3 Å². The Labute approximate surface area is 199 Å². The van der Waals surface area contributed by atoms with Crippen LogP contribution in [-0.4, -0.2) is 25.2 Å². The lowest BCUT2D eigenvalue weighted by atomic mass is 10.1. The molecule has 0 saturated heterocycles. The lowest BCUT2D eigenvalue weighted by molar-refractivity contribution is 0.649. The molecule has 2 heterocycles. The zero-order valence-corrected chi connectivity index (χ0v) is 19.1. The van der Waals surface area contributed by atoms with E-state index in [1.165, 1.54) is 0 Å². The van der Waals surface area contributed by atoms with Crippen molar-refractivity contribution in [2.75, 3.05) is 0 Å². The number of fused-ring (bicyclic) bond motifs is 1. The fourth-order valence-corrected chi connectivity index (χ4v) is 3.61. The van der Waals surface area contributed by atoms with Crippen molar-refractivity contribution in [2.45, 2.75) is 11.9 Å². The van der Waals surface area contributed by atoms with Crippen LogP contribution in [0.5, 0.6) is 0 Å². The molecule has 160 valence electrons. The number of hydrogen-bond acceptors (Lipinski definition) is 5. The van der Waals surface area contributed by atoms with Crippen LogP contribution in [-0.2, 0) is 11.9 Å². The summed E-state index contributed by atoms with van der Waals surface area (Å²) in [6, 6.07) is 25.3. The number of aromatic amines is 1. The largest absolute Gasteiger partial charge is 0.278 e. The van der Waals surface area contributed by atoms with Crippen LogP contribution in [0.4, 0.5) is 0 Å². The highest BCUT2D eigenvalue weighted by molar-refractivity contribution is 9.08. The van der Waals surface area contributed by atoms with Crippen LogP contribution in [0.3, 0.4) is 0 Å². The third-order valence-corrected chi connectivity index (χ3v) is 5.53. The molecule has 0 unspecified atom stereocenters. The minimum Gasteiger partial charge on any atom is -0.278 e. The van der Waals surface area contributed by atoms with E-state index in [1.54, 1.807) is 23.0 Å². The van der Waals surface area contributed by atoms with Crippen LogP contribution in [0.2, 0.25) is 0 Å². The smallest absolute Gasteiger partial charge is 0.113 e. The Morgan fingerprint density at radius 2 is 1.64 bits per heavy atom. The monoisotopic (exact) mass is 495 g/mol. The summed E-state index contributed by atoms with van der Waals surface area (Å²) in [5.41, 5.74) is 6.32. The van der Waals surface area contributed by atoms with Crippen LogP contribution < -0.4 is 0 Å². The molecular formula is C25H18BrN7. The molecule has 8 heteroatoms. The molecule has 3 aromatic carbocycles. The van der Waals surface area contributed by atoms with Gasteiger partial charge in [0.25, 0.3) is 0 Å². The number of halogens is 1. The Morgan fingerprint density at radius 1 is 0.909 bits per heavy atom. The van der Waals surface area contributed by atoms with Gasteiger partial charge in [-0.05, 0) is 47.5 Å². The van der Waals surface area contributed by atoms with Crippen molar-refractivity contribution in [1.82, 2.24) is 25.2 Å². The first kappa shape index (κ1) is 21.9. The summed E-state index contributed by atoms with van der Waals surface area (Å²) in [5, 5.41) is 34.7. The predicted octanol–water partition coefficient (Wildman–Crippen LogP) is 5.19. The Balaban J connectivity index is 0.000000219. The fraction of sp³-hybridized carbons (Fsp3) is 0.0800. The highest BCUT2D eigenvalue weighted by Gasteiger charge is 2.06. The molecule has 7 nitrogen and oxygen atoms in total. The standard InChI is InChI=1S/C17H12N6.C8H6BrN/c18-8-12-2-1-3-13(6-12)10-23-11-17(21-22-23)14-4-5-16-15(7-14)9-19-20-16;9-5-7-2-1-3-8(4-7)6-10/h1-7,9,11H,10H2,(H,19,20);1-4H,5H2. The van der Waals surface area contributed by atoms with Gasteiger partial charge in [-0.3, -0.25) is 5.10 Å². The zero-order valence-electron chi connectivity index (χ0n) is 17.5. The summed E-state index contributed by atoms with van der Waals surface area (Å²) < 4.78 is 1.77. The molecule has 0 aliphatic rings. The first-order valence-corrected chi connectivity index (χ1v) is 11.2. The van der Waals surface area contributed by atoms with Gasteiger partial charge in [-0.1, -0.05) is 51.5 Å². The number of nitrogens with zero attached hydrogens (tertiary/aromatic N) is 6. The highest BCUT2D eigenvalue weighted by atomic mass is 79.9. The summed E-state index contributed by atoms with van der Waals surface area (Å²) in [7, 11) is 0. The van der Waals surface area contributed by atoms with E-state index in [0.29, 0.717) is 12.1 Å². The highest BCUT2D eigenvalue weighted by Crippen LogP contribution is 2.21. The molecule has 0 spiro atoms. The summed E-state index contributed by atoms with van der Waals surface area (Å²) in [4.78, 5) is 0. The number of alkyl halides is 1. The number of hydrogen-bond donors (Lipinski definition) is 1. The van der Waals surface area contributed by atoms with Gasteiger partial charge in [-0.2, -0.15) is 15.6 Å². The second-order valence-corrected chi connectivity index (χ2v) is 7.79. The molecular weight excluding hydrogens is 478 g/mol. The molecule has 0 aliphatic carbocycles. The predicted molar refractivity (Wildman–Crippen MR) is 129 cm³/mol. The van der Waals surface area contributed by atoms with E-state index >= 15 is 0 Å². The SMILES string of the molecule is N#Cc1cccc(CBr)c1.N#Cc1cccc(Cn2cc(-c3ccc4[nH]ncc4c3)nn2)c1. The van der Waals surface area contributed by atoms with Crippen molar-refractivity contribution >= 4 is 26.8 Å². The fourth-order valence-electron chi connectivity index (χ4n) is 3.26. The third kappa shape index (κ3) is 5.51. The molecule has 33 heavy (non-hydrogen) atoms. The maximum Gasteiger partial charge on any atom is 0.113 e. The average molecular weight is 496 g/mol. The van der Waals surface area contributed by atoms with Crippen molar-refractivity contribution in [3.05, 3.63) is 101 Å². The number of nitrogens with one attached hydrogen (secondary N) is 1. The molecule has 0 radical (unpaired) electrons. The first-order chi connectivity index (χ1) is 16.2. The van der Waals surface area contributed by atoms with Crippen LogP contribution in [0.15, 0.2) is 79.1 Å². The molecule has 0 fully saturated rings. The van der Waals surface area contributed by atoms with E-state index < -0.39 is 0 Å². The molecule has 5 rings (SSSR count). The Kier molecular flexibility index (Phi) is 6.89. The maximum absolute atomic E-state index is 8.96. The van der Waals surface area contributed by atoms with Gasteiger partial charge in [0.2, 0.25) is 0 Å². The molecule has 0 saturated carbocycles. The molecule has 0 atom stereocenters. The Morgan fingerprint density at radius 3 is 2.36 bits per heavy atom. The number of H-pyrrole nitrogens is 1. The van der Waals surface area contributed by atoms with Crippen LogP contribution in [0.1, 0.15) is 22.3 Å². The average Bonchev–Trinajstić information content (AvgIpc) is 3.53. The number of rotatable bonds is 4. The van der Waals surface area contributed by atoms with Crippen molar-refractivity contribution in [1.29, 1.82) is 10.5 Å². The van der Waals surface area contributed by atoms with Crippen LogP contribution in [0, 0.1) is 22.7 Å². The van der Waals surface area contributed by atoms with Crippen molar-refractivity contribution < 1.29 is 0 Å². The number of nitriles is 2. The topological polar surface area (TPSA) is 107 Å². The van der Waals surface area contributed by atoms with Gasteiger partial charge in [0.05, 0.1) is 47.7 Å². The van der Waals surface area contributed by atoms with E-state index in [2.05, 4.69) is 48.6 Å². The minimum absolute atomic E-state index is 0.580. The third-order valence-electron chi connectivity index (χ3n) is 4.89. The van der Waals surface area contributed by atoms with Crippen molar-refractivity contribution in [3.8, 4) is 23.4 Å². The van der Waals surface area contributed by atoms with Gasteiger partial charge in [-0.15, -0.1) is 5.10 Å². The minimum atomic E-state index is 0.580. The van der Waals surface area contributed by atoms with Gasteiger partial charge in [0.1, 0.15) is 5.69 Å². The van der Waals surface area contributed by atoms with E-state index in [1.807, 2.05) is 60.8 Å². The summed E-state index contributed by atoms with van der Waals surface area (Å²) >= 11 is 3.31. The second-order valence-electron chi connectivity index (χ2n) is 7.23. The molecule has 1 N–H and O–H groups in total. The summed E-state index contributed by atoms with van der Waals surface area (Å²) in [6.45, 7) is 0.580. The Bertz CT molecular complexity index is 1470. The molecule has 0 amide bonds. The second kappa shape index (κ2) is 10.4. The molecule has 5 aromatic rings. The van der Waals surface area contributed by atoms with Gasteiger partial charge in [-0.25, -0.2) is 4.68 Å². The van der Waals surface area contributed by atoms with Gasteiger partial charge in [0.15, 0.2) is 0 Å². The summed E-state index contributed by atoms with van der Waals surface area (Å²) in [5.74, 6) is 0. The molecule has 0 aliphatic heterocycles. The van der Waals surface area contributed by atoms with Crippen molar-refractivity contribution in [3.63, 3.8) is 0 Å². The number of aromatic nitrogens is 5.